The Hall–Kier alpha value is -1.75. The second-order valence-corrected chi connectivity index (χ2v) is 6.67. The van der Waals surface area contributed by atoms with Crippen LogP contribution < -0.4 is 0 Å². The molecule has 0 unspecified atom stereocenters. The highest BCUT2D eigenvalue weighted by Gasteiger charge is 2.31. The Bertz CT molecular complexity index is 717. The van der Waals surface area contributed by atoms with Crippen LogP contribution in [0.4, 0.5) is 0 Å². The largest absolute Gasteiger partial charge is 0.476 e. The minimum Gasteiger partial charge on any atom is -0.476 e. The maximum absolute atomic E-state index is 11.5. The Morgan fingerprint density at radius 1 is 1.29 bits per heavy atom. The summed E-state index contributed by atoms with van der Waals surface area (Å²) in [6.45, 7) is 0. The molecule has 0 saturated heterocycles. The van der Waals surface area contributed by atoms with Crippen molar-refractivity contribution < 1.29 is 9.90 Å². The molecule has 1 saturated carbocycles. The van der Waals surface area contributed by atoms with Gasteiger partial charge in [-0.1, -0.05) is 31.0 Å². The first kappa shape index (κ1) is 13.0. The predicted molar refractivity (Wildman–Crippen MR) is 81.7 cm³/mol. The van der Waals surface area contributed by atoms with Crippen molar-refractivity contribution in [3.63, 3.8) is 0 Å². The van der Waals surface area contributed by atoms with Crippen molar-refractivity contribution in [2.75, 3.05) is 0 Å². The predicted octanol–water partition coefficient (Wildman–Crippen LogP) is 3.97. The molecular formula is C16H16N2O2S. The monoisotopic (exact) mass is 300 g/mol. The van der Waals surface area contributed by atoms with Crippen molar-refractivity contribution in [1.82, 2.24) is 9.78 Å². The third kappa shape index (κ3) is 1.99. The first-order chi connectivity index (χ1) is 10.3. The van der Waals surface area contributed by atoms with Crippen LogP contribution in [0.1, 0.15) is 47.8 Å². The highest BCUT2D eigenvalue weighted by Crippen LogP contribution is 2.45. The quantitative estimate of drug-likeness (QED) is 0.911. The number of rotatable bonds is 2. The number of benzene rings is 1. The summed E-state index contributed by atoms with van der Waals surface area (Å²) in [5.74, 6) is -0.219. The van der Waals surface area contributed by atoms with Crippen molar-refractivity contribution >= 4 is 17.7 Å². The van der Waals surface area contributed by atoms with Crippen LogP contribution >= 0.6 is 11.8 Å². The third-order valence-electron chi connectivity index (χ3n) is 4.40. The average Bonchev–Trinajstić information content (AvgIpc) is 3.14. The molecule has 21 heavy (non-hydrogen) atoms. The summed E-state index contributed by atoms with van der Waals surface area (Å²) in [6.07, 6.45) is 4.61. The SMILES string of the molecule is O=C(O)c1nn(C2CCCC2)c2c1CSc1ccccc1-2. The van der Waals surface area contributed by atoms with Gasteiger partial charge in [-0.05, 0) is 18.9 Å². The van der Waals surface area contributed by atoms with E-state index in [1.54, 1.807) is 11.8 Å². The van der Waals surface area contributed by atoms with E-state index in [-0.39, 0.29) is 5.69 Å². The van der Waals surface area contributed by atoms with Gasteiger partial charge in [-0.2, -0.15) is 5.10 Å². The van der Waals surface area contributed by atoms with Crippen LogP contribution in [0.2, 0.25) is 0 Å². The van der Waals surface area contributed by atoms with Crippen molar-refractivity contribution in [2.24, 2.45) is 0 Å². The van der Waals surface area contributed by atoms with Crippen LogP contribution in [-0.4, -0.2) is 20.9 Å². The third-order valence-corrected chi connectivity index (χ3v) is 5.50. The topological polar surface area (TPSA) is 55.1 Å². The zero-order valence-corrected chi connectivity index (χ0v) is 12.4. The number of hydrogen-bond donors (Lipinski definition) is 1. The molecule has 2 heterocycles. The van der Waals surface area contributed by atoms with E-state index in [1.807, 2.05) is 16.8 Å². The highest BCUT2D eigenvalue weighted by molar-refractivity contribution is 7.98. The zero-order valence-electron chi connectivity index (χ0n) is 11.6. The number of aromatic nitrogens is 2. The van der Waals surface area contributed by atoms with Gasteiger partial charge in [0.2, 0.25) is 0 Å². The van der Waals surface area contributed by atoms with Crippen molar-refractivity contribution in [1.29, 1.82) is 0 Å². The van der Waals surface area contributed by atoms with E-state index >= 15 is 0 Å². The van der Waals surface area contributed by atoms with Gasteiger partial charge >= 0.3 is 5.97 Å². The Kier molecular flexibility index (Phi) is 3.03. The summed E-state index contributed by atoms with van der Waals surface area (Å²) in [5, 5.41) is 13.9. The standard InChI is InChI=1S/C16H16N2O2S/c19-16(20)14-12-9-21-13-8-4-3-7-11(13)15(12)18(17-14)10-5-1-2-6-10/h3-4,7-8,10H,1-2,5-6,9H2,(H,19,20). The van der Waals surface area contributed by atoms with Crippen molar-refractivity contribution in [2.45, 2.75) is 42.4 Å². The summed E-state index contributed by atoms with van der Waals surface area (Å²) in [4.78, 5) is 12.8. The van der Waals surface area contributed by atoms with Gasteiger partial charge < -0.3 is 5.11 Å². The lowest BCUT2D eigenvalue weighted by atomic mass is 10.0. The molecule has 1 aliphatic carbocycles. The summed E-state index contributed by atoms with van der Waals surface area (Å²) in [6, 6.07) is 8.59. The van der Waals surface area contributed by atoms with Gasteiger partial charge in [0.25, 0.3) is 0 Å². The van der Waals surface area contributed by atoms with E-state index in [0.29, 0.717) is 11.8 Å². The van der Waals surface area contributed by atoms with Gasteiger partial charge in [-0.3, -0.25) is 4.68 Å². The van der Waals surface area contributed by atoms with Crippen LogP contribution in [0.15, 0.2) is 29.2 Å². The zero-order chi connectivity index (χ0) is 14.4. The van der Waals surface area contributed by atoms with Gasteiger partial charge in [0.15, 0.2) is 5.69 Å². The molecule has 2 aromatic rings. The minimum atomic E-state index is -0.914. The van der Waals surface area contributed by atoms with Crippen molar-refractivity contribution in [3.8, 4) is 11.3 Å². The molecule has 0 amide bonds. The van der Waals surface area contributed by atoms with Crippen LogP contribution in [0.3, 0.4) is 0 Å². The fourth-order valence-electron chi connectivity index (χ4n) is 3.41. The number of carbonyl (C=O) groups is 1. The maximum Gasteiger partial charge on any atom is 0.356 e. The molecule has 1 N–H and O–H groups in total. The van der Waals surface area contributed by atoms with Gasteiger partial charge in [-0.15, -0.1) is 11.8 Å². The molecule has 108 valence electrons. The molecule has 1 aromatic carbocycles. The van der Waals surface area contributed by atoms with E-state index in [4.69, 9.17) is 0 Å². The van der Waals surface area contributed by atoms with E-state index in [2.05, 4.69) is 17.2 Å². The highest BCUT2D eigenvalue weighted by atomic mass is 32.2. The molecule has 1 fully saturated rings. The van der Waals surface area contributed by atoms with Gasteiger partial charge in [0.1, 0.15) is 0 Å². The first-order valence-electron chi connectivity index (χ1n) is 7.32. The lowest BCUT2D eigenvalue weighted by Crippen LogP contribution is -2.10. The maximum atomic E-state index is 11.5. The number of hydrogen-bond acceptors (Lipinski definition) is 3. The Labute approximate surface area is 127 Å². The van der Waals surface area contributed by atoms with Gasteiger partial charge in [0, 0.05) is 21.8 Å². The number of thioether (sulfide) groups is 1. The molecule has 5 heteroatoms. The number of carboxylic acid groups (broad SMARTS) is 1. The molecule has 1 aliphatic heterocycles. The first-order valence-corrected chi connectivity index (χ1v) is 8.31. The van der Waals surface area contributed by atoms with Gasteiger partial charge in [0.05, 0.1) is 11.7 Å². The van der Waals surface area contributed by atoms with E-state index in [1.165, 1.54) is 17.7 Å². The summed E-state index contributed by atoms with van der Waals surface area (Å²) in [5.41, 5.74) is 3.29. The van der Waals surface area contributed by atoms with E-state index in [0.717, 1.165) is 29.7 Å². The second kappa shape index (κ2) is 4.91. The molecule has 0 radical (unpaired) electrons. The Balaban J connectivity index is 1.95. The van der Waals surface area contributed by atoms with Crippen LogP contribution in [0.5, 0.6) is 0 Å². The van der Waals surface area contributed by atoms with Gasteiger partial charge in [-0.25, -0.2) is 4.79 Å². The number of carboxylic acids is 1. The molecule has 2 aliphatic rings. The normalized spacial score (nSPS) is 17.5. The lowest BCUT2D eigenvalue weighted by Gasteiger charge is -2.20. The molecule has 0 atom stereocenters. The Morgan fingerprint density at radius 2 is 2.05 bits per heavy atom. The number of aromatic carboxylic acids is 1. The second-order valence-electron chi connectivity index (χ2n) is 5.65. The lowest BCUT2D eigenvalue weighted by molar-refractivity contribution is 0.0688. The van der Waals surface area contributed by atoms with Crippen molar-refractivity contribution in [3.05, 3.63) is 35.5 Å². The summed E-state index contributed by atoms with van der Waals surface area (Å²) >= 11 is 1.70. The molecule has 4 nitrogen and oxygen atoms in total. The molecule has 0 spiro atoms. The summed E-state index contributed by atoms with van der Waals surface area (Å²) < 4.78 is 2.00. The average molecular weight is 300 g/mol. The van der Waals surface area contributed by atoms with Crippen LogP contribution in [0.25, 0.3) is 11.3 Å². The number of fused-ring (bicyclic) bond motifs is 3. The molecule has 1 aromatic heterocycles. The minimum absolute atomic E-state index is 0.235. The fraction of sp³-hybridized carbons (Fsp3) is 0.375. The number of nitrogens with zero attached hydrogens (tertiary/aromatic N) is 2. The Morgan fingerprint density at radius 3 is 2.81 bits per heavy atom. The fourth-order valence-corrected chi connectivity index (χ4v) is 4.48. The molecular weight excluding hydrogens is 284 g/mol. The van der Waals surface area contributed by atoms with E-state index in [9.17, 15) is 9.90 Å². The van der Waals surface area contributed by atoms with Crippen LogP contribution in [-0.2, 0) is 5.75 Å². The van der Waals surface area contributed by atoms with Crippen LogP contribution in [0, 0.1) is 0 Å². The molecule has 4 rings (SSSR count). The molecule has 0 bridgehead atoms. The smallest absolute Gasteiger partial charge is 0.356 e. The van der Waals surface area contributed by atoms with E-state index < -0.39 is 5.97 Å². The summed E-state index contributed by atoms with van der Waals surface area (Å²) in [7, 11) is 0.